The molecule has 0 radical (unpaired) electrons. The monoisotopic (exact) mass is 392 g/mol. The third kappa shape index (κ3) is 2.98. The van der Waals surface area contributed by atoms with E-state index < -0.39 is 42.8 Å². The molecule has 28 heavy (non-hydrogen) atoms. The van der Waals surface area contributed by atoms with Crippen LogP contribution in [0.5, 0.6) is 0 Å². The minimum absolute atomic E-state index is 0.0651. The second-order valence-electron chi connectivity index (χ2n) is 6.26. The molecule has 1 aliphatic rings. The molecule has 15 heteroatoms. The summed E-state index contributed by atoms with van der Waals surface area (Å²) in [6, 6.07) is 0. The van der Waals surface area contributed by atoms with Gasteiger partial charge in [0.2, 0.25) is 0 Å². The summed E-state index contributed by atoms with van der Waals surface area (Å²) in [5, 5.41) is 47.6. The summed E-state index contributed by atoms with van der Waals surface area (Å²) >= 11 is 0. The van der Waals surface area contributed by atoms with Gasteiger partial charge in [-0.2, -0.15) is 0 Å². The Kier molecular flexibility index (Phi) is 5.31. The van der Waals surface area contributed by atoms with Crippen molar-refractivity contribution in [3.63, 3.8) is 0 Å². The number of nitrogens with zero attached hydrogens (tertiary/aromatic N) is 10. The van der Waals surface area contributed by atoms with Crippen molar-refractivity contribution in [3.8, 4) is 0 Å². The largest absolute Gasteiger partial charge is 0.394 e. The normalized spacial score (nSPS) is 33.0. The highest BCUT2D eigenvalue weighted by atomic mass is 16.5. The summed E-state index contributed by atoms with van der Waals surface area (Å²) in [6.07, 6.45) is -5.55. The fourth-order valence-corrected chi connectivity index (χ4v) is 3.11. The Morgan fingerprint density at radius 3 is 2.61 bits per heavy atom. The Hall–Kier alpha value is -3.03. The second kappa shape index (κ2) is 7.53. The molecule has 2 aromatic heterocycles. The summed E-state index contributed by atoms with van der Waals surface area (Å²) in [5.41, 5.74) is 16.0. The predicted octanol–water partition coefficient (Wildman–Crippen LogP) is -0.191. The smallest absolute Gasteiger partial charge is 0.165 e. The van der Waals surface area contributed by atoms with Gasteiger partial charge in [0.05, 0.1) is 19.0 Å². The Balaban J connectivity index is 2.24. The molecule has 0 amide bonds. The summed E-state index contributed by atoms with van der Waals surface area (Å²) < 4.78 is 6.97. The third-order valence-corrected chi connectivity index (χ3v) is 4.63. The van der Waals surface area contributed by atoms with E-state index in [2.05, 4.69) is 35.0 Å². The van der Waals surface area contributed by atoms with Crippen molar-refractivity contribution in [1.82, 2.24) is 19.5 Å². The zero-order valence-corrected chi connectivity index (χ0v) is 14.4. The zero-order valence-electron chi connectivity index (χ0n) is 14.4. The fourth-order valence-electron chi connectivity index (χ4n) is 3.11. The summed E-state index contributed by atoms with van der Waals surface area (Å²) in [6.45, 7) is 0.610. The van der Waals surface area contributed by atoms with Crippen molar-refractivity contribution in [2.75, 3.05) is 6.61 Å². The van der Waals surface area contributed by atoms with Gasteiger partial charge >= 0.3 is 0 Å². The first kappa shape index (κ1) is 19.7. The van der Waals surface area contributed by atoms with Crippen LogP contribution in [0.25, 0.3) is 32.0 Å². The average Bonchev–Trinajstić information content (AvgIpc) is 3.09. The van der Waals surface area contributed by atoms with Crippen LogP contribution in [0, 0.1) is 0 Å². The first-order valence-electron chi connectivity index (χ1n) is 7.98. The molecule has 0 aliphatic carbocycles. The van der Waals surface area contributed by atoms with Gasteiger partial charge in [-0.3, -0.25) is 4.57 Å². The van der Waals surface area contributed by atoms with E-state index in [9.17, 15) is 20.4 Å². The van der Waals surface area contributed by atoms with Crippen LogP contribution in [-0.4, -0.2) is 76.5 Å². The van der Waals surface area contributed by atoms with Gasteiger partial charge < -0.3 is 25.2 Å². The van der Waals surface area contributed by atoms with Gasteiger partial charge in [0, 0.05) is 9.82 Å². The molecule has 0 spiro atoms. The van der Waals surface area contributed by atoms with Gasteiger partial charge in [0.25, 0.3) is 0 Å². The van der Waals surface area contributed by atoms with Gasteiger partial charge in [-0.25, -0.2) is 15.0 Å². The number of hydrogen-bond donors (Lipinski definition) is 4. The number of aliphatic hydroxyl groups is 4. The van der Waals surface area contributed by atoms with E-state index in [0.717, 1.165) is 6.33 Å². The molecule has 3 heterocycles. The zero-order chi connectivity index (χ0) is 20.5. The fraction of sp³-hybridized carbons (Fsp3) is 0.615. The highest BCUT2D eigenvalue weighted by molar-refractivity contribution is 5.80. The molecule has 1 fully saturated rings. The van der Waals surface area contributed by atoms with Gasteiger partial charge in [-0.15, -0.1) is 0 Å². The van der Waals surface area contributed by atoms with E-state index in [1.165, 1.54) is 17.8 Å². The standard InChI is InChI=1S/C13H16N10O5/c1-13(20-22-15)9(27)8(26)7(25)5(2-24)28-12(13)23-4-18-6-10(19-21-14)16-3-17-11(6)23/h3-5,7-9,12,24-27H,2H2,1H3/t5-,7-,8+,9-,12-,13+/m1/s1. The van der Waals surface area contributed by atoms with Crippen molar-refractivity contribution in [3.05, 3.63) is 33.5 Å². The number of fused-ring (bicyclic) bond motifs is 1. The quantitative estimate of drug-likeness (QED) is 0.308. The van der Waals surface area contributed by atoms with Gasteiger partial charge in [-0.1, -0.05) is 5.11 Å². The number of hydrogen-bond acceptors (Lipinski definition) is 10. The lowest BCUT2D eigenvalue weighted by molar-refractivity contribution is -0.137. The predicted molar refractivity (Wildman–Crippen MR) is 90.7 cm³/mol. The van der Waals surface area contributed by atoms with Crippen LogP contribution in [-0.2, 0) is 4.74 Å². The Labute approximate surface area is 156 Å². The number of azide groups is 2. The van der Waals surface area contributed by atoms with Gasteiger partial charge in [0.15, 0.2) is 17.7 Å². The summed E-state index contributed by atoms with van der Waals surface area (Å²) in [7, 11) is 0. The number of rotatable bonds is 4. The maximum absolute atomic E-state index is 10.6. The van der Waals surface area contributed by atoms with Gasteiger partial charge in [0.1, 0.15) is 35.7 Å². The maximum atomic E-state index is 10.6. The molecule has 0 saturated carbocycles. The van der Waals surface area contributed by atoms with E-state index in [0.29, 0.717) is 0 Å². The van der Waals surface area contributed by atoms with Gasteiger partial charge in [-0.05, 0) is 23.1 Å². The van der Waals surface area contributed by atoms with E-state index in [1.807, 2.05) is 0 Å². The minimum Gasteiger partial charge on any atom is -0.394 e. The third-order valence-electron chi connectivity index (χ3n) is 4.63. The molecule has 15 nitrogen and oxygen atoms in total. The molecular formula is C13H16N10O5. The first-order valence-corrected chi connectivity index (χ1v) is 7.98. The van der Waals surface area contributed by atoms with Crippen LogP contribution in [0.4, 0.5) is 5.82 Å². The topological polar surface area (TPSA) is 231 Å². The average molecular weight is 392 g/mol. The van der Waals surface area contributed by atoms with E-state index in [1.54, 1.807) is 0 Å². The van der Waals surface area contributed by atoms with Crippen molar-refractivity contribution in [2.45, 2.75) is 43.1 Å². The molecule has 0 bridgehead atoms. The van der Waals surface area contributed by atoms with Crippen LogP contribution >= 0.6 is 0 Å². The number of aromatic nitrogens is 4. The van der Waals surface area contributed by atoms with Crippen molar-refractivity contribution >= 4 is 17.0 Å². The Morgan fingerprint density at radius 1 is 1.21 bits per heavy atom. The summed E-state index contributed by atoms with van der Waals surface area (Å²) in [5.74, 6) is -0.0651. The molecule has 3 rings (SSSR count). The minimum atomic E-state index is -1.84. The van der Waals surface area contributed by atoms with Crippen molar-refractivity contribution in [1.29, 1.82) is 0 Å². The van der Waals surface area contributed by atoms with E-state index >= 15 is 0 Å². The van der Waals surface area contributed by atoms with Crippen molar-refractivity contribution < 1.29 is 25.2 Å². The molecule has 0 aromatic carbocycles. The van der Waals surface area contributed by atoms with Crippen molar-refractivity contribution in [2.24, 2.45) is 10.2 Å². The number of ether oxygens (including phenoxy) is 1. The molecular weight excluding hydrogens is 376 g/mol. The van der Waals surface area contributed by atoms with Crippen LogP contribution in [0.3, 0.4) is 0 Å². The Bertz CT molecular complexity index is 970. The molecule has 1 aliphatic heterocycles. The lowest BCUT2D eigenvalue weighted by atomic mass is 9.88. The molecule has 4 N–H and O–H groups in total. The lowest BCUT2D eigenvalue weighted by Crippen LogP contribution is -2.52. The number of aliphatic hydroxyl groups excluding tert-OH is 4. The molecule has 1 saturated heterocycles. The van der Waals surface area contributed by atoms with Crippen LogP contribution in [0.15, 0.2) is 22.9 Å². The highest BCUT2D eigenvalue weighted by Crippen LogP contribution is 2.40. The Morgan fingerprint density at radius 2 is 1.96 bits per heavy atom. The van der Waals surface area contributed by atoms with Crippen LogP contribution < -0.4 is 0 Å². The van der Waals surface area contributed by atoms with E-state index in [4.69, 9.17) is 15.8 Å². The second-order valence-corrected chi connectivity index (χ2v) is 6.26. The highest BCUT2D eigenvalue weighted by Gasteiger charge is 2.53. The summed E-state index contributed by atoms with van der Waals surface area (Å²) in [4.78, 5) is 17.3. The lowest BCUT2D eigenvalue weighted by Gasteiger charge is -2.36. The molecule has 148 valence electrons. The van der Waals surface area contributed by atoms with E-state index in [-0.39, 0.29) is 17.0 Å². The molecule has 0 unspecified atom stereocenters. The SMILES string of the molecule is C[C@]1(N=[N+]=[N-])[C@H](O)[C@@H](O)[C@H](O)[C@@H](CO)O[C@H]1n1cnc2c(N=[N+]=[N-])ncnc21. The first-order chi connectivity index (χ1) is 13.4. The van der Waals surface area contributed by atoms with Crippen LogP contribution in [0.1, 0.15) is 13.2 Å². The molecule has 6 atom stereocenters. The molecule has 2 aromatic rings. The number of imidazole rings is 1. The maximum Gasteiger partial charge on any atom is 0.165 e. The van der Waals surface area contributed by atoms with Crippen LogP contribution in [0.2, 0.25) is 0 Å².